The van der Waals surface area contributed by atoms with Crippen LogP contribution in [0.2, 0.25) is 0 Å². The van der Waals surface area contributed by atoms with Crippen LogP contribution in [-0.2, 0) is 0 Å². The predicted molar refractivity (Wildman–Crippen MR) is 50.2 cm³/mol. The van der Waals surface area contributed by atoms with Crippen LogP contribution in [0.3, 0.4) is 0 Å². The van der Waals surface area contributed by atoms with Gasteiger partial charge in [0.25, 0.3) is 0 Å². The molecule has 0 aliphatic carbocycles. The molecule has 0 amide bonds. The highest BCUT2D eigenvalue weighted by Gasteiger charge is 2.21. The molecule has 0 aromatic rings. The topological polar surface area (TPSA) is 12.4 Å². The number of rotatable bonds is 0. The highest BCUT2D eigenvalue weighted by Crippen LogP contribution is 2.24. The van der Waals surface area contributed by atoms with Gasteiger partial charge in [0.05, 0.1) is 0 Å². The van der Waals surface area contributed by atoms with Crippen molar-refractivity contribution in [3.8, 4) is 0 Å². The highest BCUT2D eigenvalue weighted by atomic mass is 14.8. The third kappa shape index (κ3) is 2.32. The van der Waals surface area contributed by atoms with Gasteiger partial charge < -0.3 is 0 Å². The Morgan fingerprint density at radius 1 is 1.36 bits per heavy atom. The van der Waals surface area contributed by atoms with Crippen molar-refractivity contribution < 1.29 is 0 Å². The number of hydrogen-bond acceptors (Lipinski definition) is 1. The summed E-state index contributed by atoms with van der Waals surface area (Å²) in [5.74, 6) is 0.807. The quantitative estimate of drug-likeness (QED) is 0.507. The Morgan fingerprint density at radius 2 is 2.00 bits per heavy atom. The lowest BCUT2D eigenvalue weighted by atomic mass is 9.84. The molecule has 0 N–H and O–H groups in total. The molecule has 1 aliphatic heterocycles. The monoisotopic (exact) mass is 153 g/mol. The molecular formula is C10H19N. The molecule has 0 aromatic carbocycles. The van der Waals surface area contributed by atoms with E-state index in [1.165, 1.54) is 18.6 Å². The van der Waals surface area contributed by atoms with Gasteiger partial charge in [-0.1, -0.05) is 27.7 Å². The van der Waals surface area contributed by atoms with Gasteiger partial charge in [-0.3, -0.25) is 4.99 Å². The SMILES string of the molecule is CC1CCC(C(C)(C)C)=NC1. The summed E-state index contributed by atoms with van der Waals surface area (Å²) in [5.41, 5.74) is 1.72. The summed E-state index contributed by atoms with van der Waals surface area (Å²) in [7, 11) is 0. The van der Waals surface area contributed by atoms with Crippen LogP contribution in [0.4, 0.5) is 0 Å². The Kier molecular flexibility index (Phi) is 2.36. The van der Waals surface area contributed by atoms with E-state index >= 15 is 0 Å². The predicted octanol–water partition coefficient (Wildman–Crippen LogP) is 2.90. The van der Waals surface area contributed by atoms with E-state index in [-0.39, 0.29) is 0 Å². The zero-order valence-corrected chi connectivity index (χ0v) is 8.15. The van der Waals surface area contributed by atoms with Gasteiger partial charge in [-0.25, -0.2) is 0 Å². The maximum absolute atomic E-state index is 4.60. The second-order valence-corrected chi connectivity index (χ2v) is 4.68. The molecule has 0 spiro atoms. The summed E-state index contributed by atoms with van der Waals surface area (Å²) < 4.78 is 0. The van der Waals surface area contributed by atoms with Gasteiger partial charge in [0.1, 0.15) is 0 Å². The molecule has 1 heteroatoms. The van der Waals surface area contributed by atoms with Gasteiger partial charge >= 0.3 is 0 Å². The van der Waals surface area contributed by atoms with Crippen molar-refractivity contribution in [2.75, 3.05) is 6.54 Å². The van der Waals surface area contributed by atoms with E-state index in [1.807, 2.05) is 0 Å². The maximum atomic E-state index is 4.60. The van der Waals surface area contributed by atoms with E-state index in [0.29, 0.717) is 5.41 Å². The molecule has 1 aliphatic rings. The maximum Gasteiger partial charge on any atom is 0.0414 e. The van der Waals surface area contributed by atoms with Crippen LogP contribution < -0.4 is 0 Å². The minimum atomic E-state index is 0.306. The van der Waals surface area contributed by atoms with E-state index < -0.39 is 0 Å². The average Bonchev–Trinajstić information content (AvgIpc) is 1.86. The van der Waals surface area contributed by atoms with Crippen LogP contribution in [0.15, 0.2) is 4.99 Å². The highest BCUT2D eigenvalue weighted by molar-refractivity contribution is 5.89. The van der Waals surface area contributed by atoms with Crippen LogP contribution in [-0.4, -0.2) is 12.3 Å². The van der Waals surface area contributed by atoms with Gasteiger partial charge in [0, 0.05) is 12.3 Å². The van der Waals surface area contributed by atoms with Crippen molar-refractivity contribution >= 4 is 5.71 Å². The average molecular weight is 153 g/mol. The second kappa shape index (κ2) is 2.96. The second-order valence-electron chi connectivity index (χ2n) is 4.68. The van der Waals surface area contributed by atoms with E-state index in [9.17, 15) is 0 Å². The summed E-state index contributed by atoms with van der Waals surface area (Å²) in [6, 6.07) is 0. The van der Waals surface area contributed by atoms with Crippen LogP contribution >= 0.6 is 0 Å². The van der Waals surface area contributed by atoms with Gasteiger partial charge in [-0.05, 0) is 24.2 Å². The lowest BCUT2D eigenvalue weighted by Gasteiger charge is -2.26. The number of nitrogens with zero attached hydrogens (tertiary/aromatic N) is 1. The number of aliphatic imine (C=N–C) groups is 1. The summed E-state index contributed by atoms with van der Waals surface area (Å²) in [4.78, 5) is 4.60. The van der Waals surface area contributed by atoms with Crippen molar-refractivity contribution in [2.24, 2.45) is 16.3 Å². The summed E-state index contributed by atoms with van der Waals surface area (Å²) in [5, 5.41) is 0. The van der Waals surface area contributed by atoms with Crippen molar-refractivity contribution in [3.63, 3.8) is 0 Å². The molecule has 1 unspecified atom stereocenters. The Hall–Kier alpha value is -0.330. The molecule has 1 rings (SSSR count). The lowest BCUT2D eigenvalue weighted by Crippen LogP contribution is -2.25. The van der Waals surface area contributed by atoms with Crippen LogP contribution in [0.5, 0.6) is 0 Å². The Labute approximate surface area is 69.9 Å². The van der Waals surface area contributed by atoms with Crippen LogP contribution in [0, 0.1) is 11.3 Å². The first kappa shape index (κ1) is 8.76. The molecular weight excluding hydrogens is 134 g/mol. The van der Waals surface area contributed by atoms with Crippen molar-refractivity contribution in [1.29, 1.82) is 0 Å². The Balaban J connectivity index is 2.62. The van der Waals surface area contributed by atoms with Gasteiger partial charge in [-0.15, -0.1) is 0 Å². The van der Waals surface area contributed by atoms with E-state index in [1.54, 1.807) is 0 Å². The van der Waals surface area contributed by atoms with Gasteiger partial charge in [-0.2, -0.15) is 0 Å². The fraction of sp³-hybridized carbons (Fsp3) is 0.900. The van der Waals surface area contributed by atoms with E-state index in [4.69, 9.17) is 0 Å². The molecule has 0 bridgehead atoms. The number of hydrogen-bond donors (Lipinski definition) is 0. The summed E-state index contributed by atoms with van der Waals surface area (Å²) >= 11 is 0. The molecule has 1 atom stereocenters. The fourth-order valence-corrected chi connectivity index (χ4v) is 1.43. The van der Waals surface area contributed by atoms with Gasteiger partial charge in [0.15, 0.2) is 0 Å². The van der Waals surface area contributed by atoms with E-state index in [0.717, 1.165) is 12.5 Å². The first-order chi connectivity index (χ1) is 5.00. The molecule has 1 heterocycles. The normalized spacial score (nSPS) is 26.5. The molecule has 64 valence electrons. The fourth-order valence-electron chi connectivity index (χ4n) is 1.43. The summed E-state index contributed by atoms with van der Waals surface area (Å²) in [6.07, 6.45) is 2.54. The Morgan fingerprint density at radius 3 is 2.36 bits per heavy atom. The largest absolute Gasteiger partial charge is 0.293 e. The zero-order chi connectivity index (χ0) is 8.48. The molecule has 0 fully saturated rings. The molecule has 0 saturated heterocycles. The molecule has 0 aromatic heterocycles. The van der Waals surface area contributed by atoms with E-state index in [2.05, 4.69) is 32.7 Å². The molecule has 11 heavy (non-hydrogen) atoms. The van der Waals surface area contributed by atoms with Crippen LogP contribution in [0.1, 0.15) is 40.5 Å². The third-order valence-corrected chi connectivity index (χ3v) is 2.33. The third-order valence-electron chi connectivity index (χ3n) is 2.33. The lowest BCUT2D eigenvalue weighted by molar-refractivity contribution is 0.490. The minimum absolute atomic E-state index is 0.306. The Bertz CT molecular complexity index is 162. The summed E-state index contributed by atoms with van der Waals surface area (Å²) in [6.45, 7) is 10.1. The van der Waals surface area contributed by atoms with Crippen LogP contribution in [0.25, 0.3) is 0 Å². The molecule has 0 saturated carbocycles. The first-order valence-corrected chi connectivity index (χ1v) is 4.54. The minimum Gasteiger partial charge on any atom is -0.293 e. The standard InChI is InChI=1S/C10H19N/c1-8-5-6-9(11-7-8)10(2,3)4/h8H,5-7H2,1-4H3. The first-order valence-electron chi connectivity index (χ1n) is 4.54. The van der Waals surface area contributed by atoms with Crippen molar-refractivity contribution in [2.45, 2.75) is 40.5 Å². The van der Waals surface area contributed by atoms with Crippen molar-refractivity contribution in [1.82, 2.24) is 0 Å². The molecule has 1 nitrogen and oxygen atoms in total. The smallest absolute Gasteiger partial charge is 0.0414 e. The zero-order valence-electron chi connectivity index (χ0n) is 8.15. The van der Waals surface area contributed by atoms with Crippen molar-refractivity contribution in [3.05, 3.63) is 0 Å². The molecule has 0 radical (unpaired) electrons. The van der Waals surface area contributed by atoms with Gasteiger partial charge in [0.2, 0.25) is 0 Å².